The Morgan fingerprint density at radius 1 is 1.03 bits per heavy atom. The lowest BCUT2D eigenvalue weighted by Gasteiger charge is -2.42. The Bertz CT molecular complexity index is 1030. The maximum absolute atomic E-state index is 13.3. The number of benzene rings is 2. The second-order valence-corrected chi connectivity index (χ2v) is 9.64. The number of halogens is 6. The van der Waals surface area contributed by atoms with Gasteiger partial charge in [-0.05, 0) is 61.9 Å². The van der Waals surface area contributed by atoms with Crippen molar-refractivity contribution >= 4 is 5.91 Å². The number of ether oxygens (including phenoxy) is 1. The minimum Gasteiger partial charge on any atom is -0.372 e. The van der Waals surface area contributed by atoms with Gasteiger partial charge in [-0.1, -0.05) is 30.3 Å². The molecule has 1 amide bonds. The molecule has 2 N–H and O–H groups in total. The lowest BCUT2D eigenvalue weighted by molar-refractivity contribution is -0.143. The normalized spacial score (nSPS) is 23.8. The standard InChI is InChI=1S/C26H28F6N2O2/c1-16(18-11-20(25(27,28)29)13-21(12-18)26(30,31)32)36-15-24(19-5-3-2-4-6-19)10-9-22(14-33-24)34-23(35)17-7-8-17/h2-6,11-13,16-17,22,33H,7-10,14-15H2,1H3,(H,34,35)/t16-,22?,24-/m1/s1. The van der Waals surface area contributed by atoms with E-state index in [4.69, 9.17) is 4.74 Å². The van der Waals surface area contributed by atoms with Crippen molar-refractivity contribution in [3.63, 3.8) is 0 Å². The molecule has 2 fully saturated rings. The van der Waals surface area contributed by atoms with Gasteiger partial charge in [-0.15, -0.1) is 0 Å². The molecule has 1 saturated carbocycles. The largest absolute Gasteiger partial charge is 0.416 e. The molecule has 0 aromatic heterocycles. The highest BCUT2D eigenvalue weighted by molar-refractivity contribution is 5.81. The minimum absolute atomic E-state index is 0.0269. The van der Waals surface area contributed by atoms with E-state index in [1.54, 1.807) is 0 Å². The number of alkyl halides is 6. The topological polar surface area (TPSA) is 50.4 Å². The van der Waals surface area contributed by atoms with Crippen LogP contribution in [0.1, 0.15) is 61.0 Å². The molecule has 2 aromatic rings. The van der Waals surface area contributed by atoms with E-state index in [0.29, 0.717) is 31.5 Å². The first-order valence-electron chi connectivity index (χ1n) is 11.9. The van der Waals surface area contributed by atoms with E-state index in [9.17, 15) is 31.1 Å². The molecule has 1 aliphatic heterocycles. The summed E-state index contributed by atoms with van der Waals surface area (Å²) in [7, 11) is 0. The van der Waals surface area contributed by atoms with Crippen molar-refractivity contribution in [2.75, 3.05) is 13.2 Å². The summed E-state index contributed by atoms with van der Waals surface area (Å²) in [5.74, 6) is 0.132. The average molecular weight is 515 g/mol. The highest BCUT2D eigenvalue weighted by Crippen LogP contribution is 2.39. The zero-order valence-electron chi connectivity index (χ0n) is 19.7. The average Bonchev–Trinajstić information content (AvgIpc) is 3.68. The Balaban J connectivity index is 1.52. The van der Waals surface area contributed by atoms with Gasteiger partial charge in [0.25, 0.3) is 0 Å². The molecule has 4 rings (SSSR count). The van der Waals surface area contributed by atoms with Gasteiger partial charge in [-0.2, -0.15) is 26.3 Å². The van der Waals surface area contributed by atoms with Crippen LogP contribution in [0.5, 0.6) is 0 Å². The number of carbonyl (C=O) groups is 1. The van der Waals surface area contributed by atoms with Crippen LogP contribution in [0, 0.1) is 5.92 Å². The zero-order valence-corrected chi connectivity index (χ0v) is 19.7. The van der Waals surface area contributed by atoms with Crippen LogP contribution in [0.4, 0.5) is 26.3 Å². The van der Waals surface area contributed by atoms with E-state index in [1.807, 2.05) is 30.3 Å². The summed E-state index contributed by atoms with van der Waals surface area (Å²) in [6.45, 7) is 1.93. The molecular formula is C26H28F6N2O2. The van der Waals surface area contributed by atoms with E-state index in [-0.39, 0.29) is 36.1 Å². The van der Waals surface area contributed by atoms with E-state index >= 15 is 0 Å². The molecular weight excluding hydrogens is 486 g/mol. The first-order chi connectivity index (χ1) is 16.9. The van der Waals surface area contributed by atoms with E-state index in [1.165, 1.54) is 6.92 Å². The third kappa shape index (κ3) is 6.21. The lowest BCUT2D eigenvalue weighted by Crippen LogP contribution is -2.57. The molecule has 1 heterocycles. The van der Waals surface area contributed by atoms with Crippen molar-refractivity contribution in [1.82, 2.24) is 10.6 Å². The van der Waals surface area contributed by atoms with Gasteiger partial charge in [0.2, 0.25) is 5.91 Å². The van der Waals surface area contributed by atoms with Crippen molar-refractivity contribution in [1.29, 1.82) is 0 Å². The second kappa shape index (κ2) is 10.0. The lowest BCUT2D eigenvalue weighted by atomic mass is 9.81. The highest BCUT2D eigenvalue weighted by atomic mass is 19.4. The molecule has 4 nitrogen and oxygen atoms in total. The number of hydrogen-bond acceptors (Lipinski definition) is 3. The fourth-order valence-electron chi connectivity index (χ4n) is 4.50. The molecule has 1 saturated heterocycles. The van der Waals surface area contributed by atoms with Crippen LogP contribution < -0.4 is 10.6 Å². The highest BCUT2D eigenvalue weighted by Gasteiger charge is 2.40. The Kier molecular flexibility index (Phi) is 7.39. The van der Waals surface area contributed by atoms with E-state index in [2.05, 4.69) is 10.6 Å². The van der Waals surface area contributed by atoms with Gasteiger partial charge < -0.3 is 15.4 Å². The van der Waals surface area contributed by atoms with Gasteiger partial charge in [0.1, 0.15) is 0 Å². The third-order valence-corrected chi connectivity index (χ3v) is 6.89. The molecule has 2 aromatic carbocycles. The first kappa shape index (κ1) is 26.5. The molecule has 0 spiro atoms. The minimum atomic E-state index is -4.92. The van der Waals surface area contributed by atoms with Gasteiger partial charge in [-0.3, -0.25) is 4.79 Å². The van der Waals surface area contributed by atoms with E-state index < -0.39 is 35.1 Å². The van der Waals surface area contributed by atoms with Crippen LogP contribution in [0.25, 0.3) is 0 Å². The van der Waals surface area contributed by atoms with Crippen molar-refractivity contribution < 1.29 is 35.9 Å². The number of amides is 1. The third-order valence-electron chi connectivity index (χ3n) is 6.89. The molecule has 2 aliphatic rings. The Hall–Kier alpha value is -2.59. The Morgan fingerprint density at radius 3 is 2.14 bits per heavy atom. The molecule has 0 bridgehead atoms. The summed E-state index contributed by atoms with van der Waals surface area (Å²) >= 11 is 0. The molecule has 10 heteroatoms. The van der Waals surface area contributed by atoms with Crippen LogP contribution >= 0.6 is 0 Å². The van der Waals surface area contributed by atoms with Crippen LogP contribution in [0.2, 0.25) is 0 Å². The fraction of sp³-hybridized carbons (Fsp3) is 0.500. The van der Waals surface area contributed by atoms with Crippen LogP contribution in [-0.4, -0.2) is 25.1 Å². The van der Waals surface area contributed by atoms with Crippen molar-refractivity contribution in [2.45, 2.75) is 62.6 Å². The maximum atomic E-state index is 13.3. The number of nitrogens with one attached hydrogen (secondary N) is 2. The molecule has 1 unspecified atom stereocenters. The van der Waals surface area contributed by atoms with Gasteiger partial charge >= 0.3 is 12.4 Å². The van der Waals surface area contributed by atoms with Gasteiger partial charge in [0.05, 0.1) is 29.4 Å². The number of piperidine rings is 1. The summed E-state index contributed by atoms with van der Waals surface area (Å²) in [6, 6.07) is 10.8. The van der Waals surface area contributed by atoms with Crippen LogP contribution in [0.3, 0.4) is 0 Å². The smallest absolute Gasteiger partial charge is 0.372 e. The Morgan fingerprint density at radius 2 is 1.64 bits per heavy atom. The van der Waals surface area contributed by atoms with E-state index in [0.717, 1.165) is 18.4 Å². The predicted molar refractivity (Wildman–Crippen MR) is 121 cm³/mol. The summed E-state index contributed by atoms with van der Waals surface area (Å²) in [5.41, 5.74) is -2.75. The number of rotatable bonds is 7. The molecule has 1 aliphatic carbocycles. The summed E-state index contributed by atoms with van der Waals surface area (Å²) in [6.07, 6.45) is -7.86. The first-order valence-corrected chi connectivity index (χ1v) is 11.9. The monoisotopic (exact) mass is 514 g/mol. The summed E-state index contributed by atoms with van der Waals surface area (Å²) < 4.78 is 85.7. The molecule has 196 valence electrons. The number of hydrogen-bond donors (Lipinski definition) is 2. The van der Waals surface area contributed by atoms with Crippen molar-refractivity contribution in [3.05, 3.63) is 70.8 Å². The van der Waals surface area contributed by atoms with Crippen molar-refractivity contribution in [3.8, 4) is 0 Å². The van der Waals surface area contributed by atoms with Crippen molar-refractivity contribution in [2.24, 2.45) is 5.92 Å². The summed E-state index contributed by atoms with van der Waals surface area (Å²) in [5, 5.41) is 6.49. The second-order valence-electron chi connectivity index (χ2n) is 9.64. The molecule has 36 heavy (non-hydrogen) atoms. The Labute approximate surface area is 205 Å². The van der Waals surface area contributed by atoms with Gasteiger partial charge in [-0.25, -0.2) is 0 Å². The van der Waals surface area contributed by atoms with Gasteiger partial charge in [0, 0.05) is 18.5 Å². The van der Waals surface area contributed by atoms with Crippen LogP contribution in [0.15, 0.2) is 48.5 Å². The molecule has 3 atom stereocenters. The van der Waals surface area contributed by atoms with Crippen LogP contribution in [-0.2, 0) is 27.4 Å². The SMILES string of the molecule is C[C@@H](OC[C@@]1(c2ccccc2)CCC(NC(=O)C2CC2)CN1)c1cc(C(F)(F)F)cc(C(F)(F)F)c1. The fourth-order valence-corrected chi connectivity index (χ4v) is 4.50. The predicted octanol–water partition coefficient (Wildman–Crippen LogP) is 5.98. The quantitative estimate of drug-likeness (QED) is 0.448. The maximum Gasteiger partial charge on any atom is 0.416 e. The zero-order chi connectivity index (χ0) is 26.1. The number of carbonyl (C=O) groups excluding carboxylic acids is 1. The summed E-state index contributed by atoms with van der Waals surface area (Å²) in [4.78, 5) is 12.1. The van der Waals surface area contributed by atoms with Gasteiger partial charge in [0.15, 0.2) is 0 Å². The molecule has 0 radical (unpaired) electrons.